The summed E-state index contributed by atoms with van der Waals surface area (Å²) in [6.45, 7) is 0.183. The number of nitrogens with two attached hydrogens (primary N) is 1. The van der Waals surface area contributed by atoms with Crippen LogP contribution in [0.5, 0.6) is 0 Å². The van der Waals surface area contributed by atoms with Gasteiger partial charge in [0.25, 0.3) is 5.69 Å². The third-order valence-electron chi connectivity index (χ3n) is 3.10. The molecule has 1 atom stereocenters. The Labute approximate surface area is 121 Å². The average molecular weight is 285 g/mol. The normalized spacial score (nSPS) is 11.7. The van der Waals surface area contributed by atoms with Gasteiger partial charge in [-0.05, 0) is 17.7 Å². The summed E-state index contributed by atoms with van der Waals surface area (Å²) < 4.78 is 0. The molecule has 0 saturated heterocycles. The second-order valence-electron chi connectivity index (χ2n) is 4.49. The number of nitro groups is 1. The standard InChI is InChI=1S/C15H15N3O3/c16-10-14(11-4-2-1-3-5-11)15(19)17-12-6-8-13(9-7-12)18(20)21/h1-9,14H,10,16H2,(H,17,19). The molecule has 0 fully saturated rings. The van der Waals surface area contributed by atoms with Crippen molar-refractivity contribution in [3.05, 3.63) is 70.3 Å². The van der Waals surface area contributed by atoms with Crippen molar-refractivity contribution in [1.82, 2.24) is 0 Å². The molecule has 0 aliphatic rings. The molecule has 2 aromatic rings. The van der Waals surface area contributed by atoms with E-state index in [-0.39, 0.29) is 18.1 Å². The molecule has 1 unspecified atom stereocenters. The quantitative estimate of drug-likeness (QED) is 0.650. The van der Waals surface area contributed by atoms with Crippen LogP contribution in [0.15, 0.2) is 54.6 Å². The van der Waals surface area contributed by atoms with Gasteiger partial charge in [0.2, 0.25) is 5.91 Å². The molecule has 2 rings (SSSR count). The summed E-state index contributed by atoms with van der Waals surface area (Å²) in [4.78, 5) is 22.3. The van der Waals surface area contributed by atoms with E-state index in [1.54, 1.807) is 0 Å². The highest BCUT2D eigenvalue weighted by atomic mass is 16.6. The Morgan fingerprint density at radius 1 is 1.14 bits per heavy atom. The molecule has 6 nitrogen and oxygen atoms in total. The molecular weight excluding hydrogens is 270 g/mol. The molecule has 3 N–H and O–H groups in total. The Morgan fingerprint density at radius 3 is 2.29 bits per heavy atom. The second-order valence-corrected chi connectivity index (χ2v) is 4.49. The van der Waals surface area contributed by atoms with Gasteiger partial charge >= 0.3 is 0 Å². The number of non-ortho nitro benzene ring substituents is 1. The number of hydrogen-bond donors (Lipinski definition) is 2. The zero-order valence-corrected chi connectivity index (χ0v) is 11.2. The Kier molecular flexibility index (Phi) is 4.63. The topological polar surface area (TPSA) is 98.3 Å². The number of carbonyl (C=O) groups excluding carboxylic acids is 1. The fraction of sp³-hybridized carbons (Fsp3) is 0.133. The minimum Gasteiger partial charge on any atom is -0.329 e. The molecule has 0 aliphatic carbocycles. The third kappa shape index (κ3) is 3.64. The second kappa shape index (κ2) is 6.62. The van der Waals surface area contributed by atoms with Gasteiger partial charge in [0.1, 0.15) is 0 Å². The first-order valence-corrected chi connectivity index (χ1v) is 6.42. The number of anilines is 1. The number of benzene rings is 2. The van der Waals surface area contributed by atoms with Gasteiger partial charge in [-0.2, -0.15) is 0 Å². The van der Waals surface area contributed by atoms with Crippen LogP contribution in [0.1, 0.15) is 11.5 Å². The Balaban J connectivity index is 2.11. The molecule has 2 aromatic carbocycles. The zero-order chi connectivity index (χ0) is 15.2. The molecule has 108 valence electrons. The van der Waals surface area contributed by atoms with Gasteiger partial charge in [0, 0.05) is 24.4 Å². The number of nitrogens with one attached hydrogen (secondary N) is 1. The van der Waals surface area contributed by atoms with Gasteiger partial charge in [-0.25, -0.2) is 0 Å². The lowest BCUT2D eigenvalue weighted by atomic mass is 9.98. The Morgan fingerprint density at radius 2 is 1.76 bits per heavy atom. The van der Waals surface area contributed by atoms with Crippen molar-refractivity contribution in [1.29, 1.82) is 0 Å². The fourth-order valence-corrected chi connectivity index (χ4v) is 1.98. The van der Waals surface area contributed by atoms with E-state index in [0.29, 0.717) is 5.69 Å². The first-order chi connectivity index (χ1) is 10.1. The SMILES string of the molecule is NCC(C(=O)Nc1ccc([N+](=O)[O-])cc1)c1ccccc1. The molecule has 0 aliphatic heterocycles. The maximum absolute atomic E-state index is 12.2. The summed E-state index contributed by atoms with van der Waals surface area (Å²) in [6.07, 6.45) is 0. The molecule has 0 spiro atoms. The Hall–Kier alpha value is -2.73. The molecule has 6 heteroatoms. The van der Waals surface area contributed by atoms with Crippen molar-refractivity contribution in [3.63, 3.8) is 0 Å². The predicted molar refractivity (Wildman–Crippen MR) is 80.0 cm³/mol. The van der Waals surface area contributed by atoms with Gasteiger partial charge in [0.05, 0.1) is 10.8 Å². The van der Waals surface area contributed by atoms with Gasteiger partial charge in [-0.1, -0.05) is 30.3 Å². The highest BCUT2D eigenvalue weighted by Gasteiger charge is 2.19. The van der Waals surface area contributed by atoms with Crippen molar-refractivity contribution in [3.8, 4) is 0 Å². The molecule has 0 aromatic heterocycles. The highest BCUT2D eigenvalue weighted by Crippen LogP contribution is 2.19. The van der Waals surface area contributed by atoms with Crippen molar-refractivity contribution >= 4 is 17.3 Å². The predicted octanol–water partition coefficient (Wildman–Crippen LogP) is 2.28. The van der Waals surface area contributed by atoms with E-state index in [1.807, 2.05) is 30.3 Å². The van der Waals surface area contributed by atoms with Crippen molar-refractivity contribution in [2.24, 2.45) is 5.73 Å². The molecule has 0 heterocycles. The maximum atomic E-state index is 12.2. The van der Waals surface area contributed by atoms with Crippen LogP contribution in [-0.4, -0.2) is 17.4 Å². The van der Waals surface area contributed by atoms with E-state index in [4.69, 9.17) is 5.73 Å². The molecular formula is C15H15N3O3. The van der Waals surface area contributed by atoms with Crippen LogP contribution >= 0.6 is 0 Å². The van der Waals surface area contributed by atoms with E-state index < -0.39 is 10.8 Å². The number of nitro benzene ring substituents is 1. The van der Waals surface area contributed by atoms with E-state index in [2.05, 4.69) is 5.32 Å². The van der Waals surface area contributed by atoms with Gasteiger partial charge in [-0.15, -0.1) is 0 Å². The summed E-state index contributed by atoms with van der Waals surface area (Å²) >= 11 is 0. The lowest BCUT2D eigenvalue weighted by Gasteiger charge is -2.15. The summed E-state index contributed by atoms with van der Waals surface area (Å²) in [7, 11) is 0. The summed E-state index contributed by atoms with van der Waals surface area (Å²) in [6, 6.07) is 14.9. The van der Waals surface area contributed by atoms with E-state index >= 15 is 0 Å². The fourth-order valence-electron chi connectivity index (χ4n) is 1.98. The van der Waals surface area contributed by atoms with Gasteiger partial charge in [0.15, 0.2) is 0 Å². The maximum Gasteiger partial charge on any atom is 0.269 e. The molecule has 0 saturated carbocycles. The number of nitrogens with zero attached hydrogens (tertiary/aromatic N) is 1. The first kappa shape index (κ1) is 14.7. The monoisotopic (exact) mass is 285 g/mol. The summed E-state index contributed by atoms with van der Waals surface area (Å²) in [5, 5.41) is 13.3. The van der Waals surface area contributed by atoms with Crippen molar-refractivity contribution in [2.75, 3.05) is 11.9 Å². The number of hydrogen-bond acceptors (Lipinski definition) is 4. The molecule has 1 amide bonds. The minimum absolute atomic E-state index is 0.0218. The van der Waals surface area contributed by atoms with Crippen LogP contribution in [0.25, 0.3) is 0 Å². The van der Waals surface area contributed by atoms with E-state index in [9.17, 15) is 14.9 Å². The van der Waals surface area contributed by atoms with Crippen LogP contribution in [0.4, 0.5) is 11.4 Å². The molecule has 21 heavy (non-hydrogen) atoms. The van der Waals surface area contributed by atoms with Gasteiger partial charge in [-0.3, -0.25) is 14.9 Å². The van der Waals surface area contributed by atoms with E-state index in [1.165, 1.54) is 24.3 Å². The largest absolute Gasteiger partial charge is 0.329 e. The first-order valence-electron chi connectivity index (χ1n) is 6.42. The van der Waals surface area contributed by atoms with Crippen LogP contribution in [0.3, 0.4) is 0 Å². The lowest BCUT2D eigenvalue weighted by molar-refractivity contribution is -0.384. The van der Waals surface area contributed by atoms with Crippen molar-refractivity contribution < 1.29 is 9.72 Å². The summed E-state index contributed by atoms with van der Waals surface area (Å²) in [5.41, 5.74) is 6.98. The minimum atomic E-state index is -0.488. The number of carbonyl (C=O) groups is 1. The highest BCUT2D eigenvalue weighted by molar-refractivity contribution is 5.96. The van der Waals surface area contributed by atoms with Crippen LogP contribution < -0.4 is 11.1 Å². The average Bonchev–Trinajstić information content (AvgIpc) is 2.49. The van der Waals surface area contributed by atoms with Crippen LogP contribution in [-0.2, 0) is 4.79 Å². The molecule has 0 radical (unpaired) electrons. The zero-order valence-electron chi connectivity index (χ0n) is 11.2. The summed E-state index contributed by atoms with van der Waals surface area (Å²) in [5.74, 6) is -0.695. The van der Waals surface area contributed by atoms with Gasteiger partial charge < -0.3 is 11.1 Å². The Bertz CT molecular complexity index is 626. The van der Waals surface area contributed by atoms with Crippen LogP contribution in [0.2, 0.25) is 0 Å². The lowest BCUT2D eigenvalue weighted by Crippen LogP contribution is -2.27. The third-order valence-corrected chi connectivity index (χ3v) is 3.10. The molecule has 0 bridgehead atoms. The smallest absolute Gasteiger partial charge is 0.269 e. The van der Waals surface area contributed by atoms with Crippen molar-refractivity contribution in [2.45, 2.75) is 5.92 Å². The number of rotatable bonds is 5. The number of amides is 1. The van der Waals surface area contributed by atoms with E-state index in [0.717, 1.165) is 5.56 Å². The van der Waals surface area contributed by atoms with Crippen LogP contribution in [0, 0.1) is 10.1 Å².